The van der Waals surface area contributed by atoms with Crippen LogP contribution in [0, 0.1) is 0 Å². The standard InChI is InChI=1S/C14H16N2O.C2H4O2/c1-17-13-6-2-11(3-7-13)9-16-10-15-8-14(16)12-4-5-12;1-4-2-3/h2-3,6-8,10,12H,4-5,9H2,1H3;2H,1H3. The van der Waals surface area contributed by atoms with Crippen molar-refractivity contribution in [2.45, 2.75) is 25.3 Å². The van der Waals surface area contributed by atoms with Crippen molar-refractivity contribution < 1.29 is 14.3 Å². The van der Waals surface area contributed by atoms with Gasteiger partial charge in [0.1, 0.15) is 5.75 Å². The Kier molecular flexibility index (Phi) is 5.37. The van der Waals surface area contributed by atoms with Crippen LogP contribution < -0.4 is 4.74 Å². The molecule has 0 radical (unpaired) electrons. The van der Waals surface area contributed by atoms with E-state index in [-0.39, 0.29) is 0 Å². The first-order chi connectivity index (χ1) is 10.3. The topological polar surface area (TPSA) is 53.4 Å². The number of carbonyl (C=O) groups is 1. The van der Waals surface area contributed by atoms with Gasteiger partial charge in [0, 0.05) is 24.4 Å². The van der Waals surface area contributed by atoms with Gasteiger partial charge in [0.2, 0.25) is 0 Å². The average molecular weight is 288 g/mol. The molecule has 0 N–H and O–H groups in total. The van der Waals surface area contributed by atoms with E-state index in [0.29, 0.717) is 6.47 Å². The van der Waals surface area contributed by atoms with Gasteiger partial charge in [-0.05, 0) is 30.5 Å². The molecule has 0 bridgehead atoms. The number of rotatable bonds is 5. The van der Waals surface area contributed by atoms with Gasteiger partial charge < -0.3 is 14.0 Å². The van der Waals surface area contributed by atoms with Crippen molar-refractivity contribution >= 4 is 6.47 Å². The molecule has 5 nitrogen and oxygen atoms in total. The maximum atomic E-state index is 8.95. The van der Waals surface area contributed by atoms with Crippen LogP contribution in [0.5, 0.6) is 5.75 Å². The predicted octanol–water partition coefficient (Wildman–Crippen LogP) is 2.61. The van der Waals surface area contributed by atoms with Gasteiger partial charge in [-0.3, -0.25) is 4.79 Å². The lowest BCUT2D eigenvalue weighted by Gasteiger charge is -2.08. The summed E-state index contributed by atoms with van der Waals surface area (Å²) < 4.78 is 11.3. The zero-order valence-electron chi connectivity index (χ0n) is 12.4. The van der Waals surface area contributed by atoms with Crippen LogP contribution in [-0.4, -0.2) is 30.2 Å². The van der Waals surface area contributed by atoms with E-state index >= 15 is 0 Å². The van der Waals surface area contributed by atoms with E-state index in [1.807, 2.05) is 24.7 Å². The van der Waals surface area contributed by atoms with Gasteiger partial charge in [-0.25, -0.2) is 4.98 Å². The highest BCUT2D eigenvalue weighted by molar-refractivity contribution is 5.36. The Labute approximate surface area is 124 Å². The Bertz CT molecular complexity index is 559. The van der Waals surface area contributed by atoms with E-state index in [1.165, 1.54) is 31.2 Å². The summed E-state index contributed by atoms with van der Waals surface area (Å²) in [5.74, 6) is 1.65. The van der Waals surface area contributed by atoms with Gasteiger partial charge in [-0.1, -0.05) is 12.1 Å². The van der Waals surface area contributed by atoms with E-state index in [4.69, 9.17) is 9.53 Å². The van der Waals surface area contributed by atoms with E-state index in [9.17, 15) is 0 Å². The highest BCUT2D eigenvalue weighted by Gasteiger charge is 2.26. The van der Waals surface area contributed by atoms with Crippen molar-refractivity contribution in [2.75, 3.05) is 14.2 Å². The van der Waals surface area contributed by atoms with Crippen molar-refractivity contribution in [1.82, 2.24) is 9.55 Å². The minimum Gasteiger partial charge on any atom is -0.497 e. The lowest BCUT2D eigenvalue weighted by Crippen LogP contribution is -2.02. The largest absolute Gasteiger partial charge is 0.497 e. The van der Waals surface area contributed by atoms with Crippen LogP contribution >= 0.6 is 0 Å². The van der Waals surface area contributed by atoms with Crippen LogP contribution in [0.4, 0.5) is 0 Å². The van der Waals surface area contributed by atoms with Crippen molar-refractivity contribution in [3.8, 4) is 5.75 Å². The van der Waals surface area contributed by atoms with Crippen molar-refractivity contribution in [3.05, 3.63) is 48.0 Å². The summed E-state index contributed by atoms with van der Waals surface area (Å²) in [6, 6.07) is 8.22. The molecule has 0 amide bonds. The lowest BCUT2D eigenvalue weighted by atomic mass is 10.2. The monoisotopic (exact) mass is 288 g/mol. The van der Waals surface area contributed by atoms with Crippen LogP contribution in [0.15, 0.2) is 36.8 Å². The molecule has 0 saturated heterocycles. The molecule has 1 aromatic carbocycles. The molecule has 0 spiro atoms. The van der Waals surface area contributed by atoms with Crippen LogP contribution in [0.2, 0.25) is 0 Å². The van der Waals surface area contributed by atoms with Crippen LogP contribution in [0.3, 0.4) is 0 Å². The third-order valence-electron chi connectivity index (χ3n) is 3.35. The number of ether oxygens (including phenoxy) is 2. The van der Waals surface area contributed by atoms with E-state index in [0.717, 1.165) is 18.2 Å². The van der Waals surface area contributed by atoms with Gasteiger partial charge in [0.15, 0.2) is 0 Å². The SMILES string of the molecule is COC=O.COc1ccc(Cn2cncc2C2CC2)cc1. The quantitative estimate of drug-likeness (QED) is 0.794. The Morgan fingerprint density at radius 1 is 1.29 bits per heavy atom. The highest BCUT2D eigenvalue weighted by atomic mass is 16.5. The summed E-state index contributed by atoms with van der Waals surface area (Å²) in [7, 11) is 3.00. The van der Waals surface area contributed by atoms with Crippen LogP contribution in [0.25, 0.3) is 0 Å². The van der Waals surface area contributed by atoms with E-state index in [1.54, 1.807) is 7.11 Å². The lowest BCUT2D eigenvalue weighted by molar-refractivity contribution is -0.126. The third kappa shape index (κ3) is 4.34. The first kappa shape index (κ1) is 15.1. The summed E-state index contributed by atoms with van der Waals surface area (Å²) in [6.45, 7) is 1.27. The normalized spacial score (nSPS) is 13.0. The van der Waals surface area contributed by atoms with Crippen LogP contribution in [0.1, 0.15) is 30.0 Å². The van der Waals surface area contributed by atoms with Crippen molar-refractivity contribution in [3.63, 3.8) is 0 Å². The van der Waals surface area contributed by atoms with Crippen LogP contribution in [-0.2, 0) is 16.1 Å². The molecule has 0 atom stereocenters. The molecule has 1 aromatic heterocycles. The van der Waals surface area contributed by atoms with E-state index in [2.05, 4.69) is 26.4 Å². The number of imidazole rings is 1. The molecule has 1 saturated carbocycles. The van der Waals surface area contributed by atoms with E-state index < -0.39 is 0 Å². The van der Waals surface area contributed by atoms with Crippen molar-refractivity contribution in [1.29, 1.82) is 0 Å². The Morgan fingerprint density at radius 2 is 1.95 bits per heavy atom. The molecule has 2 aromatic rings. The molecular weight excluding hydrogens is 268 g/mol. The second kappa shape index (κ2) is 7.47. The summed E-state index contributed by atoms with van der Waals surface area (Å²) in [6.07, 6.45) is 6.56. The number of hydrogen-bond acceptors (Lipinski definition) is 4. The summed E-state index contributed by atoms with van der Waals surface area (Å²) in [5.41, 5.74) is 2.66. The molecule has 1 heterocycles. The molecule has 112 valence electrons. The fraction of sp³-hybridized carbons (Fsp3) is 0.375. The first-order valence-electron chi connectivity index (χ1n) is 6.88. The highest BCUT2D eigenvalue weighted by Crippen LogP contribution is 2.39. The molecule has 0 aliphatic heterocycles. The molecule has 3 rings (SSSR count). The molecule has 21 heavy (non-hydrogen) atoms. The molecule has 5 heteroatoms. The number of aromatic nitrogens is 2. The number of benzene rings is 1. The summed E-state index contributed by atoms with van der Waals surface area (Å²) >= 11 is 0. The second-order valence-electron chi connectivity index (χ2n) is 4.90. The third-order valence-corrected chi connectivity index (χ3v) is 3.35. The van der Waals surface area contributed by atoms with Gasteiger partial charge in [0.05, 0.1) is 20.5 Å². The fourth-order valence-corrected chi connectivity index (χ4v) is 2.11. The number of nitrogens with zero attached hydrogens (tertiary/aromatic N) is 2. The summed E-state index contributed by atoms with van der Waals surface area (Å²) in [4.78, 5) is 13.2. The molecule has 1 aliphatic rings. The minimum atomic E-state index is 0.375. The summed E-state index contributed by atoms with van der Waals surface area (Å²) in [5, 5.41) is 0. The Morgan fingerprint density at radius 3 is 2.48 bits per heavy atom. The zero-order chi connectivity index (χ0) is 15.1. The molecule has 1 aliphatic carbocycles. The van der Waals surface area contributed by atoms with Gasteiger partial charge in [-0.2, -0.15) is 0 Å². The van der Waals surface area contributed by atoms with Gasteiger partial charge in [-0.15, -0.1) is 0 Å². The van der Waals surface area contributed by atoms with Gasteiger partial charge in [0.25, 0.3) is 6.47 Å². The number of carbonyl (C=O) groups excluding carboxylic acids is 1. The molecular formula is C16H20N2O3. The Balaban J connectivity index is 0.000000361. The number of hydrogen-bond donors (Lipinski definition) is 0. The molecule has 0 unspecified atom stereocenters. The Hall–Kier alpha value is -2.30. The zero-order valence-corrected chi connectivity index (χ0v) is 12.4. The fourth-order valence-electron chi connectivity index (χ4n) is 2.11. The maximum absolute atomic E-state index is 8.95. The number of methoxy groups -OCH3 is 2. The second-order valence-corrected chi connectivity index (χ2v) is 4.90. The smallest absolute Gasteiger partial charge is 0.292 e. The molecule has 1 fully saturated rings. The van der Waals surface area contributed by atoms with Crippen molar-refractivity contribution in [2.24, 2.45) is 0 Å². The maximum Gasteiger partial charge on any atom is 0.292 e. The minimum absolute atomic E-state index is 0.375. The first-order valence-corrected chi connectivity index (χ1v) is 6.88. The average Bonchev–Trinajstić information content (AvgIpc) is 3.28. The van der Waals surface area contributed by atoms with Gasteiger partial charge >= 0.3 is 0 Å². The predicted molar refractivity (Wildman–Crippen MR) is 79.4 cm³/mol.